The fourth-order valence-corrected chi connectivity index (χ4v) is 4.39. The second kappa shape index (κ2) is 5.76. The summed E-state index contributed by atoms with van der Waals surface area (Å²) < 4.78 is 5.50. The van der Waals surface area contributed by atoms with Gasteiger partial charge in [-0.1, -0.05) is 42.5 Å². The topological polar surface area (TPSA) is 33.5 Å². The molecule has 3 aromatic rings. The van der Waals surface area contributed by atoms with Crippen molar-refractivity contribution in [2.45, 2.75) is 31.2 Å². The first-order valence-electron chi connectivity index (χ1n) is 9.14. The highest BCUT2D eigenvalue weighted by Gasteiger charge is 2.49. The van der Waals surface area contributed by atoms with Crippen LogP contribution in [0, 0.1) is 5.92 Å². The number of carbonyl (C=O) groups is 1. The molecule has 3 heteroatoms. The summed E-state index contributed by atoms with van der Waals surface area (Å²) in [5.41, 5.74) is 1.29. The molecule has 1 aromatic heterocycles. The Hall–Kier alpha value is -2.55. The molecule has 2 aliphatic rings. The van der Waals surface area contributed by atoms with Crippen LogP contribution in [0.3, 0.4) is 0 Å². The lowest BCUT2D eigenvalue weighted by molar-refractivity contribution is -0.133. The van der Waals surface area contributed by atoms with Crippen LogP contribution in [0.25, 0.3) is 10.8 Å². The standard InChI is InChI=1S/C22H21NO2/c24-22(19-14-18(19)21-11-5-13-25-21)23-12-4-10-20(23)17-9-3-7-15-6-1-2-8-16(15)17/h1-3,5-9,11,13,18-20H,4,10,12,14H2. The molecule has 3 atom stereocenters. The second-order valence-electron chi connectivity index (χ2n) is 7.22. The van der Waals surface area contributed by atoms with Crippen LogP contribution in [0.1, 0.15) is 42.5 Å². The van der Waals surface area contributed by atoms with Gasteiger partial charge in [-0.2, -0.15) is 0 Å². The molecule has 2 heterocycles. The zero-order valence-corrected chi connectivity index (χ0v) is 14.1. The van der Waals surface area contributed by atoms with Crippen molar-refractivity contribution >= 4 is 16.7 Å². The summed E-state index contributed by atoms with van der Waals surface area (Å²) in [5, 5.41) is 2.52. The van der Waals surface area contributed by atoms with E-state index in [0.717, 1.165) is 31.6 Å². The minimum absolute atomic E-state index is 0.0988. The van der Waals surface area contributed by atoms with Gasteiger partial charge in [0.05, 0.1) is 12.3 Å². The molecule has 0 bridgehead atoms. The van der Waals surface area contributed by atoms with E-state index < -0.39 is 0 Å². The van der Waals surface area contributed by atoms with Gasteiger partial charge in [0.25, 0.3) is 0 Å². The van der Waals surface area contributed by atoms with E-state index in [4.69, 9.17) is 4.42 Å². The number of carbonyl (C=O) groups excluding carboxylic acids is 1. The van der Waals surface area contributed by atoms with Crippen LogP contribution in [-0.4, -0.2) is 17.4 Å². The van der Waals surface area contributed by atoms with E-state index in [9.17, 15) is 4.79 Å². The van der Waals surface area contributed by atoms with Crippen molar-refractivity contribution in [2.24, 2.45) is 5.92 Å². The molecule has 0 radical (unpaired) electrons. The highest BCUT2D eigenvalue weighted by atomic mass is 16.3. The zero-order chi connectivity index (χ0) is 16.8. The number of hydrogen-bond donors (Lipinski definition) is 0. The van der Waals surface area contributed by atoms with Crippen LogP contribution in [0.5, 0.6) is 0 Å². The van der Waals surface area contributed by atoms with Crippen molar-refractivity contribution in [2.75, 3.05) is 6.54 Å². The maximum Gasteiger partial charge on any atom is 0.226 e. The number of fused-ring (bicyclic) bond motifs is 1. The van der Waals surface area contributed by atoms with Gasteiger partial charge in [-0.05, 0) is 47.7 Å². The Morgan fingerprint density at radius 1 is 1.04 bits per heavy atom. The molecule has 2 fully saturated rings. The fourth-order valence-electron chi connectivity index (χ4n) is 4.39. The van der Waals surface area contributed by atoms with Crippen molar-refractivity contribution in [3.05, 3.63) is 72.2 Å². The molecular weight excluding hydrogens is 310 g/mol. The lowest BCUT2D eigenvalue weighted by atomic mass is 9.97. The lowest BCUT2D eigenvalue weighted by Crippen LogP contribution is -2.32. The normalized spacial score (nSPS) is 25.4. The molecule has 5 rings (SSSR count). The number of benzene rings is 2. The van der Waals surface area contributed by atoms with Gasteiger partial charge < -0.3 is 9.32 Å². The maximum absolute atomic E-state index is 13.1. The molecule has 0 N–H and O–H groups in total. The molecule has 1 aliphatic carbocycles. The van der Waals surface area contributed by atoms with Gasteiger partial charge in [-0.25, -0.2) is 0 Å². The quantitative estimate of drug-likeness (QED) is 0.684. The minimum atomic E-state index is 0.0988. The van der Waals surface area contributed by atoms with Crippen molar-refractivity contribution in [3.63, 3.8) is 0 Å². The summed E-state index contributed by atoms with van der Waals surface area (Å²) in [6, 6.07) is 19.0. The first-order valence-corrected chi connectivity index (χ1v) is 9.14. The highest BCUT2D eigenvalue weighted by molar-refractivity contribution is 5.88. The van der Waals surface area contributed by atoms with Crippen LogP contribution in [0.4, 0.5) is 0 Å². The molecule has 126 valence electrons. The summed E-state index contributed by atoms with van der Waals surface area (Å²) in [6.07, 6.45) is 4.75. The van der Waals surface area contributed by atoms with Gasteiger partial charge in [-0.15, -0.1) is 0 Å². The Kier molecular flexibility index (Phi) is 3.40. The van der Waals surface area contributed by atoms with Crippen LogP contribution in [0.2, 0.25) is 0 Å². The number of amides is 1. The molecule has 2 aromatic carbocycles. The second-order valence-corrected chi connectivity index (χ2v) is 7.22. The number of nitrogens with zero attached hydrogens (tertiary/aromatic N) is 1. The molecule has 3 unspecified atom stereocenters. The molecule has 25 heavy (non-hydrogen) atoms. The maximum atomic E-state index is 13.1. The first-order chi connectivity index (χ1) is 12.3. The number of likely N-dealkylation sites (tertiary alicyclic amines) is 1. The van der Waals surface area contributed by atoms with Gasteiger partial charge in [-0.3, -0.25) is 4.79 Å². The monoisotopic (exact) mass is 331 g/mol. The third kappa shape index (κ3) is 2.46. The van der Waals surface area contributed by atoms with Gasteiger partial charge in [0.1, 0.15) is 5.76 Å². The van der Waals surface area contributed by atoms with Crippen LogP contribution >= 0.6 is 0 Å². The van der Waals surface area contributed by atoms with Gasteiger partial charge in [0.2, 0.25) is 5.91 Å². The molecule has 1 aliphatic heterocycles. The van der Waals surface area contributed by atoms with E-state index >= 15 is 0 Å². The van der Waals surface area contributed by atoms with E-state index in [2.05, 4.69) is 47.4 Å². The van der Waals surface area contributed by atoms with Crippen LogP contribution < -0.4 is 0 Å². The van der Waals surface area contributed by atoms with E-state index in [1.54, 1.807) is 6.26 Å². The van der Waals surface area contributed by atoms with Crippen molar-refractivity contribution in [1.82, 2.24) is 4.90 Å². The summed E-state index contributed by atoms with van der Waals surface area (Å²) >= 11 is 0. The van der Waals surface area contributed by atoms with Crippen molar-refractivity contribution in [1.29, 1.82) is 0 Å². The Labute approximate surface area is 147 Å². The molecule has 1 saturated carbocycles. The Morgan fingerprint density at radius 3 is 2.80 bits per heavy atom. The Bertz CT molecular complexity index is 909. The van der Waals surface area contributed by atoms with E-state index in [1.807, 2.05) is 12.1 Å². The summed E-state index contributed by atoms with van der Waals surface area (Å²) in [4.78, 5) is 15.2. The summed E-state index contributed by atoms with van der Waals surface area (Å²) in [5.74, 6) is 1.63. The molecule has 1 saturated heterocycles. The van der Waals surface area contributed by atoms with Crippen LogP contribution in [-0.2, 0) is 4.79 Å². The van der Waals surface area contributed by atoms with E-state index in [-0.39, 0.29) is 17.9 Å². The third-order valence-electron chi connectivity index (χ3n) is 5.73. The smallest absolute Gasteiger partial charge is 0.226 e. The van der Waals surface area contributed by atoms with Gasteiger partial charge in [0.15, 0.2) is 0 Å². The number of hydrogen-bond acceptors (Lipinski definition) is 2. The number of rotatable bonds is 3. The minimum Gasteiger partial charge on any atom is -0.469 e. The van der Waals surface area contributed by atoms with Crippen molar-refractivity contribution in [3.8, 4) is 0 Å². The Balaban J connectivity index is 1.43. The number of furan rings is 1. The summed E-state index contributed by atoms with van der Waals surface area (Å²) in [6.45, 7) is 0.869. The fraction of sp³-hybridized carbons (Fsp3) is 0.318. The van der Waals surface area contributed by atoms with Gasteiger partial charge >= 0.3 is 0 Å². The summed E-state index contributed by atoms with van der Waals surface area (Å²) in [7, 11) is 0. The largest absolute Gasteiger partial charge is 0.469 e. The Morgan fingerprint density at radius 2 is 1.92 bits per heavy atom. The lowest BCUT2D eigenvalue weighted by Gasteiger charge is -2.26. The first kappa shape index (κ1) is 14.8. The molecule has 0 spiro atoms. The van der Waals surface area contributed by atoms with E-state index in [0.29, 0.717) is 5.91 Å². The van der Waals surface area contributed by atoms with Gasteiger partial charge in [0, 0.05) is 18.4 Å². The predicted octanol–water partition coefficient (Wildman–Crippen LogP) is 4.90. The van der Waals surface area contributed by atoms with Crippen molar-refractivity contribution < 1.29 is 9.21 Å². The zero-order valence-electron chi connectivity index (χ0n) is 14.1. The molecule has 1 amide bonds. The average molecular weight is 331 g/mol. The average Bonchev–Trinajstić information content (AvgIpc) is 3.07. The third-order valence-corrected chi connectivity index (χ3v) is 5.73. The SMILES string of the molecule is O=C(C1CC1c1ccco1)N1CCCC1c1cccc2ccccc12. The van der Waals surface area contributed by atoms with Crippen LogP contribution in [0.15, 0.2) is 65.3 Å². The highest BCUT2D eigenvalue weighted by Crippen LogP contribution is 2.50. The molecular formula is C22H21NO2. The molecule has 3 nitrogen and oxygen atoms in total. The van der Waals surface area contributed by atoms with E-state index in [1.165, 1.54) is 16.3 Å². The predicted molar refractivity (Wildman–Crippen MR) is 97.2 cm³/mol.